The van der Waals surface area contributed by atoms with Crippen LogP contribution >= 0.6 is 11.3 Å². The molecule has 2 aromatic heterocycles. The minimum absolute atomic E-state index is 0.132. The Morgan fingerprint density at radius 3 is 2.87 bits per heavy atom. The van der Waals surface area contributed by atoms with Gasteiger partial charge in [0.25, 0.3) is 0 Å². The highest BCUT2D eigenvalue weighted by Gasteiger charge is 2.33. The molecule has 1 aromatic carbocycles. The van der Waals surface area contributed by atoms with Crippen molar-refractivity contribution in [2.45, 2.75) is 31.8 Å². The quantitative estimate of drug-likeness (QED) is 0.697. The highest BCUT2D eigenvalue weighted by atomic mass is 32.1. The fourth-order valence-electron chi connectivity index (χ4n) is 3.32. The van der Waals surface area contributed by atoms with Gasteiger partial charge in [-0.25, -0.2) is 0 Å². The molecular formula is C18H19N3OS. The van der Waals surface area contributed by atoms with Crippen LogP contribution < -0.4 is 0 Å². The minimum Gasteiger partial charge on any atom is -0.419 e. The van der Waals surface area contributed by atoms with E-state index in [1.54, 1.807) is 11.3 Å². The molecule has 1 aliphatic rings. The van der Waals surface area contributed by atoms with E-state index in [4.69, 9.17) is 4.42 Å². The van der Waals surface area contributed by atoms with Crippen LogP contribution in [0.3, 0.4) is 0 Å². The van der Waals surface area contributed by atoms with Gasteiger partial charge in [0, 0.05) is 11.6 Å². The van der Waals surface area contributed by atoms with Crippen molar-refractivity contribution in [1.29, 1.82) is 0 Å². The van der Waals surface area contributed by atoms with Gasteiger partial charge in [-0.3, -0.25) is 4.90 Å². The van der Waals surface area contributed by atoms with Gasteiger partial charge in [0.15, 0.2) is 0 Å². The van der Waals surface area contributed by atoms with Crippen LogP contribution in [0.15, 0.2) is 51.6 Å². The predicted molar refractivity (Wildman–Crippen MR) is 91.1 cm³/mol. The molecule has 0 bridgehead atoms. The van der Waals surface area contributed by atoms with Gasteiger partial charge in [-0.05, 0) is 60.8 Å². The third-order valence-corrected chi connectivity index (χ3v) is 5.24. The van der Waals surface area contributed by atoms with Crippen molar-refractivity contribution in [3.63, 3.8) is 0 Å². The Hall–Kier alpha value is -1.98. The summed E-state index contributed by atoms with van der Waals surface area (Å²) < 4.78 is 5.95. The molecule has 3 aromatic rings. The molecule has 0 aliphatic carbocycles. The number of rotatable bonds is 4. The monoisotopic (exact) mass is 325 g/mol. The Morgan fingerprint density at radius 2 is 2.09 bits per heavy atom. The molecule has 1 saturated heterocycles. The zero-order valence-corrected chi connectivity index (χ0v) is 13.9. The molecule has 0 radical (unpaired) electrons. The zero-order valence-electron chi connectivity index (χ0n) is 13.1. The van der Waals surface area contributed by atoms with Crippen LogP contribution in [-0.4, -0.2) is 21.6 Å². The summed E-state index contributed by atoms with van der Waals surface area (Å²) in [6.07, 6.45) is 2.41. The van der Waals surface area contributed by atoms with Crippen molar-refractivity contribution < 1.29 is 4.42 Å². The van der Waals surface area contributed by atoms with E-state index in [0.717, 1.165) is 12.1 Å². The van der Waals surface area contributed by atoms with E-state index in [9.17, 15) is 0 Å². The average Bonchev–Trinajstić information content (AvgIpc) is 3.34. The lowest BCUT2D eigenvalue weighted by Crippen LogP contribution is -2.26. The molecule has 0 unspecified atom stereocenters. The maximum absolute atomic E-state index is 5.95. The number of hydrogen-bond acceptors (Lipinski definition) is 5. The Morgan fingerprint density at radius 1 is 1.22 bits per heavy atom. The molecule has 4 rings (SSSR count). The number of nitrogens with zero attached hydrogens (tertiary/aromatic N) is 3. The van der Waals surface area contributed by atoms with E-state index in [2.05, 4.69) is 38.8 Å². The van der Waals surface area contributed by atoms with Gasteiger partial charge >= 0.3 is 0 Å². The summed E-state index contributed by atoms with van der Waals surface area (Å²) in [5.41, 5.74) is 2.37. The third-order valence-electron chi connectivity index (χ3n) is 4.54. The largest absolute Gasteiger partial charge is 0.419 e. The Balaban J connectivity index is 1.57. The van der Waals surface area contributed by atoms with E-state index in [0.29, 0.717) is 17.8 Å². The van der Waals surface area contributed by atoms with Gasteiger partial charge in [-0.15, -0.1) is 10.2 Å². The Labute approximate surface area is 139 Å². The molecule has 0 N–H and O–H groups in total. The first-order valence-corrected chi connectivity index (χ1v) is 8.94. The number of aromatic nitrogens is 2. The van der Waals surface area contributed by atoms with Gasteiger partial charge in [0.2, 0.25) is 11.8 Å². The molecule has 2 atom stereocenters. The van der Waals surface area contributed by atoms with Crippen molar-refractivity contribution in [1.82, 2.24) is 15.1 Å². The first-order valence-electron chi connectivity index (χ1n) is 7.99. The number of likely N-dealkylation sites (tertiary alicyclic amines) is 1. The Kier molecular flexibility index (Phi) is 3.97. The summed E-state index contributed by atoms with van der Waals surface area (Å²) in [7, 11) is 0. The Bertz CT molecular complexity index is 754. The van der Waals surface area contributed by atoms with Crippen molar-refractivity contribution in [2.24, 2.45) is 0 Å². The average molecular weight is 325 g/mol. The van der Waals surface area contributed by atoms with E-state index >= 15 is 0 Å². The first kappa shape index (κ1) is 14.6. The van der Waals surface area contributed by atoms with Crippen molar-refractivity contribution in [3.05, 3.63) is 58.6 Å². The minimum atomic E-state index is 0.132. The lowest BCUT2D eigenvalue weighted by molar-refractivity contribution is 0.169. The second-order valence-corrected chi connectivity index (χ2v) is 6.72. The standard InChI is InChI=1S/C18H19N3OS/c1-13(21-10-5-8-16(21)15-9-11-23-12-15)17-19-20-18(22-17)14-6-3-2-4-7-14/h2-4,6-7,9,11-13,16H,5,8,10H2,1H3/t13-,16+/m0/s1. The molecular weight excluding hydrogens is 306 g/mol. The zero-order chi connectivity index (χ0) is 15.6. The van der Waals surface area contributed by atoms with E-state index in [-0.39, 0.29) is 6.04 Å². The summed E-state index contributed by atoms with van der Waals surface area (Å²) in [5.74, 6) is 1.30. The molecule has 0 spiro atoms. The molecule has 5 heteroatoms. The maximum atomic E-state index is 5.95. The lowest BCUT2D eigenvalue weighted by atomic mass is 10.1. The molecule has 1 fully saturated rings. The summed E-state index contributed by atoms with van der Waals surface area (Å²) in [6, 6.07) is 12.8. The van der Waals surface area contributed by atoms with Crippen molar-refractivity contribution >= 4 is 11.3 Å². The highest BCUT2D eigenvalue weighted by molar-refractivity contribution is 7.07. The molecule has 0 saturated carbocycles. The highest BCUT2D eigenvalue weighted by Crippen LogP contribution is 2.39. The fourth-order valence-corrected chi connectivity index (χ4v) is 4.02. The topological polar surface area (TPSA) is 42.2 Å². The van der Waals surface area contributed by atoms with Crippen LogP contribution in [0.1, 0.15) is 43.3 Å². The maximum Gasteiger partial charge on any atom is 0.247 e. The van der Waals surface area contributed by atoms with E-state index in [1.165, 1.54) is 18.4 Å². The summed E-state index contributed by atoms with van der Waals surface area (Å²) in [4.78, 5) is 2.48. The van der Waals surface area contributed by atoms with E-state index in [1.807, 2.05) is 30.3 Å². The van der Waals surface area contributed by atoms with Gasteiger partial charge in [-0.1, -0.05) is 18.2 Å². The predicted octanol–water partition coefficient (Wildman–Crippen LogP) is 4.70. The van der Waals surface area contributed by atoms with Crippen LogP contribution in [-0.2, 0) is 0 Å². The van der Waals surface area contributed by atoms with Crippen molar-refractivity contribution in [2.75, 3.05) is 6.54 Å². The molecule has 0 amide bonds. The van der Waals surface area contributed by atoms with Gasteiger partial charge < -0.3 is 4.42 Å². The van der Waals surface area contributed by atoms with Crippen LogP contribution in [0.5, 0.6) is 0 Å². The molecule has 4 nitrogen and oxygen atoms in total. The van der Waals surface area contributed by atoms with Crippen LogP contribution in [0.25, 0.3) is 11.5 Å². The lowest BCUT2D eigenvalue weighted by Gasteiger charge is -2.28. The van der Waals surface area contributed by atoms with Gasteiger partial charge in [0.1, 0.15) is 0 Å². The molecule has 3 heterocycles. The van der Waals surface area contributed by atoms with Crippen molar-refractivity contribution in [3.8, 4) is 11.5 Å². The SMILES string of the molecule is C[C@@H](c1nnc(-c2ccccc2)o1)N1CCC[C@@H]1c1ccsc1. The fraction of sp³-hybridized carbons (Fsp3) is 0.333. The van der Waals surface area contributed by atoms with Crippen LogP contribution in [0.2, 0.25) is 0 Å². The molecule has 118 valence electrons. The number of benzene rings is 1. The second-order valence-electron chi connectivity index (χ2n) is 5.94. The molecule has 1 aliphatic heterocycles. The third kappa shape index (κ3) is 2.82. The van der Waals surface area contributed by atoms with E-state index < -0.39 is 0 Å². The normalized spacial score (nSPS) is 20.0. The summed E-state index contributed by atoms with van der Waals surface area (Å²) in [5, 5.41) is 12.9. The first-order chi connectivity index (χ1) is 11.3. The summed E-state index contributed by atoms with van der Waals surface area (Å²) in [6.45, 7) is 3.23. The smallest absolute Gasteiger partial charge is 0.247 e. The molecule has 23 heavy (non-hydrogen) atoms. The number of thiophene rings is 1. The number of hydrogen-bond donors (Lipinski definition) is 0. The summed E-state index contributed by atoms with van der Waals surface area (Å²) >= 11 is 1.76. The van der Waals surface area contributed by atoms with Gasteiger partial charge in [0.05, 0.1) is 6.04 Å². The van der Waals surface area contributed by atoms with Gasteiger partial charge in [-0.2, -0.15) is 11.3 Å². The van der Waals surface area contributed by atoms with Crippen LogP contribution in [0.4, 0.5) is 0 Å². The van der Waals surface area contributed by atoms with Crippen LogP contribution in [0, 0.1) is 0 Å². The second kappa shape index (κ2) is 6.26.